The van der Waals surface area contributed by atoms with Crippen molar-refractivity contribution in [1.29, 1.82) is 0 Å². The maximum Gasteiger partial charge on any atom is 0.323 e. The van der Waals surface area contributed by atoms with E-state index in [9.17, 15) is 9.18 Å². The summed E-state index contributed by atoms with van der Waals surface area (Å²) in [6.07, 6.45) is 0.593. The van der Waals surface area contributed by atoms with Crippen molar-refractivity contribution in [2.45, 2.75) is 13.3 Å². The Morgan fingerprint density at radius 1 is 1.20 bits per heavy atom. The van der Waals surface area contributed by atoms with Gasteiger partial charge in [0.05, 0.1) is 5.02 Å². The monoisotopic (exact) mass is 358 g/mol. The fourth-order valence-electron chi connectivity index (χ4n) is 2.59. The van der Waals surface area contributed by atoms with Gasteiger partial charge in [0.15, 0.2) is 0 Å². The van der Waals surface area contributed by atoms with Gasteiger partial charge in [-0.25, -0.2) is 14.2 Å². The van der Waals surface area contributed by atoms with Gasteiger partial charge in [-0.15, -0.1) is 0 Å². The van der Waals surface area contributed by atoms with Crippen LogP contribution in [0.3, 0.4) is 0 Å². The van der Waals surface area contributed by atoms with Gasteiger partial charge in [-0.05, 0) is 48.4 Å². The van der Waals surface area contributed by atoms with Gasteiger partial charge in [0.1, 0.15) is 11.7 Å². The average molecular weight is 359 g/mol. The number of allylic oxidation sites excluding steroid dienone is 1. The van der Waals surface area contributed by atoms with Gasteiger partial charge >= 0.3 is 6.03 Å². The quantitative estimate of drug-likeness (QED) is 0.748. The predicted octanol–water partition coefficient (Wildman–Crippen LogP) is 4.62. The Kier molecular flexibility index (Phi) is 4.72. The molecule has 0 spiro atoms. The second-order valence-electron chi connectivity index (χ2n) is 5.63. The first-order valence-electron chi connectivity index (χ1n) is 7.58. The molecule has 7 heteroatoms. The van der Waals surface area contributed by atoms with Crippen molar-refractivity contribution in [3.05, 3.63) is 64.6 Å². The van der Waals surface area contributed by atoms with Crippen LogP contribution in [0.15, 0.2) is 53.2 Å². The van der Waals surface area contributed by atoms with Crippen molar-refractivity contribution in [2.24, 2.45) is 10.7 Å². The minimum Gasteiger partial charge on any atom is -0.387 e. The van der Waals surface area contributed by atoms with Crippen LogP contribution in [0.4, 0.5) is 20.6 Å². The molecule has 2 aromatic carbocycles. The Labute approximate surface area is 149 Å². The zero-order valence-electron chi connectivity index (χ0n) is 13.4. The predicted molar refractivity (Wildman–Crippen MR) is 99.3 cm³/mol. The zero-order valence-corrected chi connectivity index (χ0v) is 14.2. The Morgan fingerprint density at radius 2 is 1.92 bits per heavy atom. The molecule has 3 rings (SSSR count). The molecule has 0 unspecified atom stereocenters. The Bertz CT molecular complexity index is 908. The van der Waals surface area contributed by atoms with Crippen LogP contribution in [0, 0.1) is 5.82 Å². The molecule has 5 nitrogen and oxygen atoms in total. The summed E-state index contributed by atoms with van der Waals surface area (Å²) in [6.45, 7) is 1.90. The first-order valence-corrected chi connectivity index (χ1v) is 7.96. The number of nitrogens with one attached hydrogen (secondary N) is 2. The first-order chi connectivity index (χ1) is 11.9. The summed E-state index contributed by atoms with van der Waals surface area (Å²) in [5.41, 5.74) is 9.65. The highest BCUT2D eigenvalue weighted by Crippen LogP contribution is 2.29. The number of urea groups is 1. The number of nitrogens with two attached hydrogens (primary N) is 1. The van der Waals surface area contributed by atoms with E-state index in [1.807, 2.05) is 25.1 Å². The van der Waals surface area contributed by atoms with E-state index in [2.05, 4.69) is 15.6 Å². The number of halogens is 2. The van der Waals surface area contributed by atoms with E-state index in [-0.39, 0.29) is 5.02 Å². The number of hydrogen-bond acceptors (Lipinski definition) is 3. The molecule has 2 amide bonds. The van der Waals surface area contributed by atoms with Crippen molar-refractivity contribution in [3.63, 3.8) is 0 Å². The van der Waals surface area contributed by atoms with Gasteiger partial charge in [0.25, 0.3) is 0 Å². The van der Waals surface area contributed by atoms with Crippen molar-refractivity contribution in [3.8, 4) is 0 Å². The molecule has 0 saturated carbocycles. The van der Waals surface area contributed by atoms with E-state index >= 15 is 0 Å². The van der Waals surface area contributed by atoms with Gasteiger partial charge in [-0.1, -0.05) is 23.7 Å². The molecule has 0 atom stereocenters. The summed E-state index contributed by atoms with van der Waals surface area (Å²) in [4.78, 5) is 16.4. The SMILES string of the molecule is CC1=C(c2cccc(NC(=O)Nc3ccc(F)c(Cl)c3)c2)CC(N)=N1. The lowest BCUT2D eigenvalue weighted by Crippen LogP contribution is -2.19. The van der Waals surface area contributed by atoms with Crippen LogP contribution in [0.5, 0.6) is 0 Å². The smallest absolute Gasteiger partial charge is 0.323 e. The summed E-state index contributed by atoms with van der Waals surface area (Å²) < 4.78 is 13.2. The molecule has 0 aromatic heterocycles. The summed E-state index contributed by atoms with van der Waals surface area (Å²) in [7, 11) is 0. The molecule has 2 aromatic rings. The van der Waals surface area contributed by atoms with E-state index in [1.165, 1.54) is 18.2 Å². The number of nitrogens with zero attached hydrogens (tertiary/aromatic N) is 1. The van der Waals surface area contributed by atoms with Gasteiger partial charge in [-0.3, -0.25) is 0 Å². The molecule has 0 radical (unpaired) electrons. The fraction of sp³-hybridized carbons (Fsp3) is 0.111. The van der Waals surface area contributed by atoms with E-state index in [0.717, 1.165) is 16.8 Å². The van der Waals surface area contributed by atoms with E-state index in [0.29, 0.717) is 23.6 Å². The third-order valence-corrected chi connectivity index (χ3v) is 4.04. The fourth-order valence-corrected chi connectivity index (χ4v) is 2.77. The van der Waals surface area contributed by atoms with Crippen LogP contribution in [0.25, 0.3) is 5.57 Å². The van der Waals surface area contributed by atoms with Crippen molar-refractivity contribution < 1.29 is 9.18 Å². The number of benzene rings is 2. The summed E-state index contributed by atoms with van der Waals surface area (Å²) in [5, 5.41) is 5.29. The molecule has 25 heavy (non-hydrogen) atoms. The van der Waals surface area contributed by atoms with E-state index in [4.69, 9.17) is 17.3 Å². The third-order valence-electron chi connectivity index (χ3n) is 3.75. The Balaban J connectivity index is 1.71. The zero-order chi connectivity index (χ0) is 18.0. The van der Waals surface area contributed by atoms with Gasteiger partial charge in [0, 0.05) is 23.5 Å². The minimum absolute atomic E-state index is 0.0546. The number of anilines is 2. The maximum absolute atomic E-state index is 13.2. The lowest BCUT2D eigenvalue weighted by atomic mass is 10.0. The standard InChI is InChI=1S/C18H16ClFN4O/c1-10-14(9-17(21)22-10)11-3-2-4-12(7-11)23-18(25)24-13-5-6-16(20)15(19)8-13/h2-8H,9H2,1H3,(H2,21,22)(H2,23,24,25). The molecular formula is C18H16ClFN4O. The number of carbonyl (C=O) groups excluding carboxylic acids is 1. The van der Waals surface area contributed by atoms with Crippen LogP contribution >= 0.6 is 11.6 Å². The Hall–Kier alpha value is -2.86. The van der Waals surface area contributed by atoms with Crippen LogP contribution < -0.4 is 16.4 Å². The van der Waals surface area contributed by atoms with Gasteiger partial charge in [0.2, 0.25) is 0 Å². The second kappa shape index (κ2) is 6.94. The van der Waals surface area contributed by atoms with Crippen LogP contribution in [-0.4, -0.2) is 11.9 Å². The summed E-state index contributed by atoms with van der Waals surface area (Å²) in [5.74, 6) is 0.0406. The number of amides is 2. The van der Waals surface area contributed by atoms with E-state index in [1.54, 1.807) is 6.07 Å². The highest BCUT2D eigenvalue weighted by atomic mass is 35.5. The van der Waals surface area contributed by atoms with Crippen LogP contribution in [0.1, 0.15) is 18.9 Å². The lowest BCUT2D eigenvalue weighted by Gasteiger charge is -2.10. The first kappa shape index (κ1) is 17.0. The van der Waals surface area contributed by atoms with Crippen molar-refractivity contribution in [1.82, 2.24) is 0 Å². The molecule has 1 aliphatic rings. The molecule has 128 valence electrons. The third kappa shape index (κ3) is 3.97. The number of amidine groups is 1. The second-order valence-corrected chi connectivity index (χ2v) is 6.04. The highest BCUT2D eigenvalue weighted by Gasteiger charge is 2.15. The van der Waals surface area contributed by atoms with Crippen molar-refractivity contribution in [2.75, 3.05) is 10.6 Å². The van der Waals surface area contributed by atoms with E-state index < -0.39 is 11.8 Å². The Morgan fingerprint density at radius 3 is 2.56 bits per heavy atom. The molecule has 0 aliphatic carbocycles. The number of hydrogen-bond donors (Lipinski definition) is 3. The molecule has 0 saturated heterocycles. The largest absolute Gasteiger partial charge is 0.387 e. The number of rotatable bonds is 3. The number of aliphatic imine (C=N–C) groups is 1. The summed E-state index contributed by atoms with van der Waals surface area (Å²) in [6, 6.07) is 10.9. The van der Waals surface area contributed by atoms with Crippen LogP contribution in [0.2, 0.25) is 5.02 Å². The highest BCUT2D eigenvalue weighted by molar-refractivity contribution is 6.31. The molecule has 0 fully saturated rings. The van der Waals surface area contributed by atoms with Gasteiger partial charge in [-0.2, -0.15) is 0 Å². The summed E-state index contributed by atoms with van der Waals surface area (Å²) >= 11 is 5.70. The van der Waals surface area contributed by atoms with Crippen molar-refractivity contribution >= 4 is 40.4 Å². The minimum atomic E-state index is -0.540. The number of carbonyl (C=O) groups is 1. The molecule has 0 bridgehead atoms. The molecule has 1 aliphatic heterocycles. The maximum atomic E-state index is 13.2. The topological polar surface area (TPSA) is 79.5 Å². The molecular weight excluding hydrogens is 343 g/mol. The van der Waals surface area contributed by atoms with Crippen LogP contribution in [-0.2, 0) is 0 Å². The normalized spacial score (nSPS) is 13.6. The molecule has 4 N–H and O–H groups in total. The lowest BCUT2D eigenvalue weighted by molar-refractivity contribution is 0.262. The molecule has 1 heterocycles. The average Bonchev–Trinajstić information content (AvgIpc) is 2.90. The van der Waals surface area contributed by atoms with Gasteiger partial charge < -0.3 is 16.4 Å².